The van der Waals surface area contributed by atoms with Crippen LogP contribution in [-0.2, 0) is 16.1 Å². The van der Waals surface area contributed by atoms with E-state index in [0.717, 1.165) is 34.8 Å². The van der Waals surface area contributed by atoms with Crippen LogP contribution in [0.5, 0.6) is 5.75 Å². The molecule has 1 unspecified atom stereocenters. The van der Waals surface area contributed by atoms with Gasteiger partial charge in [0.1, 0.15) is 11.8 Å². The Kier molecular flexibility index (Phi) is 9.02. The molecule has 0 heterocycles. The molecule has 5 nitrogen and oxygen atoms in total. The third-order valence-corrected chi connectivity index (χ3v) is 6.50. The molecule has 1 saturated carbocycles. The van der Waals surface area contributed by atoms with Gasteiger partial charge >= 0.3 is 0 Å². The Bertz CT molecular complexity index is 867. The van der Waals surface area contributed by atoms with E-state index in [-0.39, 0.29) is 24.5 Å². The molecule has 2 aromatic rings. The summed E-state index contributed by atoms with van der Waals surface area (Å²) in [4.78, 5) is 27.9. The van der Waals surface area contributed by atoms with Gasteiger partial charge in [0.05, 0.1) is 0 Å². The molecule has 2 amide bonds. The van der Waals surface area contributed by atoms with Gasteiger partial charge in [0, 0.05) is 21.2 Å². The maximum absolute atomic E-state index is 13.2. The van der Waals surface area contributed by atoms with E-state index < -0.39 is 6.04 Å². The molecule has 0 aromatic heterocycles. The molecular formula is C24H28ClIN2O3. The van der Waals surface area contributed by atoms with Gasteiger partial charge in [0.2, 0.25) is 5.91 Å². The van der Waals surface area contributed by atoms with E-state index in [1.54, 1.807) is 17.0 Å². The Balaban J connectivity index is 1.74. The number of nitrogens with one attached hydrogen (secondary N) is 1. The average molecular weight is 555 g/mol. The van der Waals surface area contributed by atoms with Crippen LogP contribution in [-0.4, -0.2) is 35.4 Å². The summed E-state index contributed by atoms with van der Waals surface area (Å²) in [5.41, 5.74) is 0.916. The van der Waals surface area contributed by atoms with Gasteiger partial charge in [-0.1, -0.05) is 43.5 Å². The number of rotatable bonds is 9. The zero-order valence-electron chi connectivity index (χ0n) is 17.7. The van der Waals surface area contributed by atoms with Gasteiger partial charge in [0.15, 0.2) is 6.61 Å². The van der Waals surface area contributed by atoms with Crippen LogP contribution < -0.4 is 10.1 Å². The highest BCUT2D eigenvalue weighted by Gasteiger charge is 2.30. The first-order chi connectivity index (χ1) is 15.0. The highest BCUT2D eigenvalue weighted by molar-refractivity contribution is 14.1. The van der Waals surface area contributed by atoms with E-state index in [9.17, 15) is 9.59 Å². The molecule has 1 atom stereocenters. The molecule has 1 N–H and O–H groups in total. The summed E-state index contributed by atoms with van der Waals surface area (Å²) in [5, 5.41) is 3.78. The number of benzene rings is 2. The van der Waals surface area contributed by atoms with Crippen molar-refractivity contribution in [2.24, 2.45) is 0 Å². The number of amides is 2. The van der Waals surface area contributed by atoms with Crippen molar-refractivity contribution in [1.29, 1.82) is 0 Å². The van der Waals surface area contributed by atoms with Crippen LogP contribution in [0, 0.1) is 3.57 Å². The molecule has 166 valence electrons. The average Bonchev–Trinajstić information content (AvgIpc) is 3.27. The first kappa shape index (κ1) is 23.9. The number of ether oxygens (including phenoxy) is 1. The maximum Gasteiger partial charge on any atom is 0.261 e. The molecule has 0 radical (unpaired) electrons. The van der Waals surface area contributed by atoms with Gasteiger partial charge in [-0.15, -0.1) is 0 Å². The maximum atomic E-state index is 13.2. The van der Waals surface area contributed by atoms with E-state index in [4.69, 9.17) is 16.3 Å². The number of carbonyl (C=O) groups is 2. The van der Waals surface area contributed by atoms with Crippen LogP contribution >= 0.6 is 34.2 Å². The van der Waals surface area contributed by atoms with Crippen molar-refractivity contribution in [2.75, 3.05) is 6.61 Å². The molecular weight excluding hydrogens is 527 g/mol. The van der Waals surface area contributed by atoms with E-state index in [0.29, 0.717) is 23.7 Å². The SMILES string of the molecule is CCC(C(=O)NC1CCCC1)N(Cc1ccc(Cl)cc1)C(=O)COc1ccc(I)cc1. The summed E-state index contributed by atoms with van der Waals surface area (Å²) < 4.78 is 6.81. The standard InChI is InChI=1S/C24H28ClIN2O3/c1-2-22(24(30)27-20-5-3-4-6-20)28(15-17-7-9-18(25)10-8-17)23(29)16-31-21-13-11-19(26)12-14-21/h7-14,20,22H,2-6,15-16H2,1H3,(H,27,30). The molecule has 0 saturated heterocycles. The molecule has 1 fully saturated rings. The molecule has 1 aliphatic carbocycles. The molecule has 31 heavy (non-hydrogen) atoms. The molecule has 3 rings (SSSR count). The van der Waals surface area contributed by atoms with Gasteiger partial charge in [-0.2, -0.15) is 0 Å². The molecule has 7 heteroatoms. The van der Waals surface area contributed by atoms with Crippen LogP contribution in [0.2, 0.25) is 5.02 Å². The fourth-order valence-corrected chi connectivity index (χ4v) is 4.32. The Morgan fingerprint density at radius 1 is 1.13 bits per heavy atom. The monoisotopic (exact) mass is 554 g/mol. The van der Waals surface area contributed by atoms with E-state index in [1.165, 1.54) is 0 Å². The Hall–Kier alpha value is -1.80. The first-order valence-corrected chi connectivity index (χ1v) is 12.1. The van der Waals surface area contributed by atoms with E-state index in [2.05, 4.69) is 27.9 Å². The summed E-state index contributed by atoms with van der Waals surface area (Å²) in [6, 6.07) is 14.5. The lowest BCUT2D eigenvalue weighted by Gasteiger charge is -2.31. The lowest BCUT2D eigenvalue weighted by Crippen LogP contribution is -2.52. The third-order valence-electron chi connectivity index (χ3n) is 5.53. The zero-order valence-corrected chi connectivity index (χ0v) is 20.6. The first-order valence-electron chi connectivity index (χ1n) is 10.7. The molecule has 0 spiro atoms. The Labute approximate surface area is 202 Å². The summed E-state index contributed by atoms with van der Waals surface area (Å²) in [7, 11) is 0. The summed E-state index contributed by atoms with van der Waals surface area (Å²) in [6.07, 6.45) is 4.81. The Morgan fingerprint density at radius 3 is 2.39 bits per heavy atom. The van der Waals surface area contributed by atoms with Crippen LogP contribution in [0.4, 0.5) is 0 Å². The lowest BCUT2D eigenvalue weighted by atomic mass is 10.1. The predicted octanol–water partition coefficient (Wildman–Crippen LogP) is 5.19. The van der Waals surface area contributed by atoms with Crippen molar-refractivity contribution in [3.05, 3.63) is 62.7 Å². The van der Waals surface area contributed by atoms with E-state index >= 15 is 0 Å². The molecule has 0 bridgehead atoms. The van der Waals surface area contributed by atoms with E-state index in [1.807, 2.05) is 43.3 Å². The fourth-order valence-electron chi connectivity index (χ4n) is 3.83. The highest BCUT2D eigenvalue weighted by Crippen LogP contribution is 2.20. The number of nitrogens with zero attached hydrogens (tertiary/aromatic N) is 1. The minimum atomic E-state index is -0.552. The van der Waals surface area contributed by atoms with Gasteiger partial charge in [-0.05, 0) is 83.8 Å². The number of halogens is 2. The van der Waals surface area contributed by atoms with Crippen molar-refractivity contribution in [3.63, 3.8) is 0 Å². The van der Waals surface area contributed by atoms with Crippen LogP contribution in [0.3, 0.4) is 0 Å². The van der Waals surface area contributed by atoms with Gasteiger partial charge in [0.25, 0.3) is 5.91 Å². The van der Waals surface area contributed by atoms with Gasteiger partial charge < -0.3 is 15.0 Å². The molecule has 0 aliphatic heterocycles. The number of carbonyl (C=O) groups excluding carboxylic acids is 2. The highest BCUT2D eigenvalue weighted by atomic mass is 127. The van der Waals surface area contributed by atoms with Crippen LogP contribution in [0.25, 0.3) is 0 Å². The van der Waals surface area contributed by atoms with Crippen LogP contribution in [0.15, 0.2) is 48.5 Å². The second kappa shape index (κ2) is 11.7. The zero-order chi connectivity index (χ0) is 22.2. The van der Waals surface area contributed by atoms with Gasteiger partial charge in [-0.25, -0.2) is 0 Å². The fraction of sp³-hybridized carbons (Fsp3) is 0.417. The number of hydrogen-bond donors (Lipinski definition) is 1. The van der Waals surface area contributed by atoms with Crippen molar-refractivity contribution in [2.45, 2.75) is 57.7 Å². The third kappa shape index (κ3) is 7.10. The molecule has 1 aliphatic rings. The Morgan fingerprint density at radius 2 is 1.77 bits per heavy atom. The topological polar surface area (TPSA) is 58.6 Å². The van der Waals surface area contributed by atoms with Gasteiger partial charge in [-0.3, -0.25) is 9.59 Å². The van der Waals surface area contributed by atoms with Crippen LogP contribution in [0.1, 0.15) is 44.6 Å². The van der Waals surface area contributed by atoms with Crippen molar-refractivity contribution in [3.8, 4) is 5.75 Å². The van der Waals surface area contributed by atoms with Crippen molar-refractivity contribution < 1.29 is 14.3 Å². The summed E-state index contributed by atoms with van der Waals surface area (Å²) in [5.74, 6) is 0.316. The quantitative estimate of drug-likeness (QED) is 0.434. The summed E-state index contributed by atoms with van der Waals surface area (Å²) >= 11 is 8.23. The summed E-state index contributed by atoms with van der Waals surface area (Å²) in [6.45, 7) is 2.13. The number of hydrogen-bond acceptors (Lipinski definition) is 3. The second-order valence-corrected chi connectivity index (χ2v) is 9.49. The minimum Gasteiger partial charge on any atom is -0.484 e. The lowest BCUT2D eigenvalue weighted by molar-refractivity contribution is -0.143. The second-order valence-electron chi connectivity index (χ2n) is 7.80. The minimum absolute atomic E-state index is 0.0917. The largest absolute Gasteiger partial charge is 0.484 e. The van der Waals surface area contributed by atoms with Crippen molar-refractivity contribution in [1.82, 2.24) is 10.2 Å². The predicted molar refractivity (Wildman–Crippen MR) is 131 cm³/mol. The molecule has 2 aromatic carbocycles. The smallest absolute Gasteiger partial charge is 0.261 e. The normalized spacial score (nSPS) is 14.8. The van der Waals surface area contributed by atoms with Crippen molar-refractivity contribution >= 4 is 46.0 Å².